The van der Waals surface area contributed by atoms with Crippen molar-refractivity contribution in [2.75, 3.05) is 11.9 Å². The first-order valence-electron chi connectivity index (χ1n) is 8.19. The molecule has 0 aliphatic rings. The molecule has 0 fully saturated rings. The average molecular weight is 373 g/mol. The molecule has 0 aliphatic carbocycles. The lowest BCUT2D eigenvalue weighted by molar-refractivity contribution is -0.119. The van der Waals surface area contributed by atoms with Gasteiger partial charge in [-0.1, -0.05) is 0 Å². The van der Waals surface area contributed by atoms with Crippen LogP contribution >= 0.6 is 11.3 Å². The van der Waals surface area contributed by atoms with Crippen LogP contribution in [0.2, 0.25) is 0 Å². The minimum atomic E-state index is -0.956. The summed E-state index contributed by atoms with van der Waals surface area (Å²) in [5.74, 6) is 0.248. The van der Waals surface area contributed by atoms with E-state index in [1.54, 1.807) is 30.3 Å². The van der Waals surface area contributed by atoms with E-state index in [4.69, 9.17) is 4.74 Å². The van der Waals surface area contributed by atoms with Gasteiger partial charge < -0.3 is 10.1 Å². The van der Waals surface area contributed by atoms with Crippen LogP contribution in [0.4, 0.5) is 5.69 Å². The van der Waals surface area contributed by atoms with Crippen molar-refractivity contribution in [2.24, 2.45) is 0 Å². The lowest BCUT2D eigenvalue weighted by Gasteiger charge is -2.14. The van der Waals surface area contributed by atoms with Crippen molar-refractivity contribution in [3.8, 4) is 5.75 Å². The molecule has 1 amide bonds. The molecule has 1 unspecified atom stereocenters. The topological polar surface area (TPSA) is 93.2 Å². The largest absolute Gasteiger partial charge is 0.494 e. The van der Waals surface area contributed by atoms with Crippen LogP contribution in [-0.2, 0) is 4.79 Å². The Kier molecular flexibility index (Phi) is 4.94. The molecule has 0 spiro atoms. The monoisotopic (exact) mass is 373 g/mol. The van der Waals surface area contributed by atoms with E-state index in [-0.39, 0.29) is 0 Å². The van der Waals surface area contributed by atoms with Gasteiger partial charge in [0.1, 0.15) is 16.6 Å². The van der Waals surface area contributed by atoms with Gasteiger partial charge in [0.2, 0.25) is 5.91 Å². The van der Waals surface area contributed by atoms with Gasteiger partial charge >= 0.3 is 5.69 Å². The third kappa shape index (κ3) is 3.41. The molecule has 0 radical (unpaired) electrons. The Morgan fingerprint density at radius 3 is 2.65 bits per heavy atom. The number of nitrogens with one attached hydrogen (secondary N) is 2. The van der Waals surface area contributed by atoms with Crippen molar-refractivity contribution in [1.29, 1.82) is 0 Å². The Labute approximate surface area is 153 Å². The van der Waals surface area contributed by atoms with E-state index in [9.17, 15) is 14.4 Å². The fourth-order valence-corrected chi connectivity index (χ4v) is 3.56. The number of amides is 1. The summed E-state index contributed by atoms with van der Waals surface area (Å²) < 4.78 is 6.30. The first kappa shape index (κ1) is 17.9. The number of fused-ring (bicyclic) bond motifs is 1. The van der Waals surface area contributed by atoms with E-state index in [1.807, 2.05) is 13.8 Å². The zero-order valence-electron chi connectivity index (χ0n) is 14.7. The molecule has 0 aliphatic heterocycles. The molecular weight excluding hydrogens is 354 g/mol. The lowest BCUT2D eigenvalue weighted by Crippen LogP contribution is -2.41. The maximum atomic E-state index is 12.6. The van der Waals surface area contributed by atoms with Crippen LogP contribution < -0.4 is 21.3 Å². The maximum Gasteiger partial charge on any atom is 0.330 e. The van der Waals surface area contributed by atoms with Crippen molar-refractivity contribution in [3.63, 3.8) is 0 Å². The standard InChI is InChI=1S/C18H19N3O4S/c1-4-25-13-7-5-12(6-8-13)19-15(22)11(3)21-17(23)14-9-10(2)26-16(14)20-18(21)24/h5-9,11H,4H2,1-3H3,(H,19,22)(H,20,24). The molecule has 8 heteroatoms. The first-order valence-corrected chi connectivity index (χ1v) is 9.01. The molecule has 0 bridgehead atoms. The minimum Gasteiger partial charge on any atom is -0.494 e. The molecular formula is C18H19N3O4S. The molecule has 0 saturated heterocycles. The summed E-state index contributed by atoms with van der Waals surface area (Å²) in [5.41, 5.74) is -0.511. The lowest BCUT2D eigenvalue weighted by atomic mass is 10.2. The van der Waals surface area contributed by atoms with E-state index in [0.717, 1.165) is 9.44 Å². The predicted octanol–water partition coefficient (Wildman–Crippen LogP) is 2.66. The molecule has 136 valence electrons. The highest BCUT2D eigenvalue weighted by molar-refractivity contribution is 7.18. The van der Waals surface area contributed by atoms with Crippen LogP contribution in [0.25, 0.3) is 10.2 Å². The Bertz CT molecular complexity index is 1060. The van der Waals surface area contributed by atoms with Gasteiger partial charge in [0.15, 0.2) is 0 Å². The smallest absolute Gasteiger partial charge is 0.330 e. The van der Waals surface area contributed by atoms with E-state index < -0.39 is 23.2 Å². The highest BCUT2D eigenvalue weighted by Crippen LogP contribution is 2.20. The van der Waals surface area contributed by atoms with E-state index >= 15 is 0 Å². The number of rotatable bonds is 5. The van der Waals surface area contributed by atoms with Crippen LogP contribution in [0.3, 0.4) is 0 Å². The number of thiophene rings is 1. The molecule has 2 heterocycles. The number of carbonyl (C=O) groups is 1. The number of aromatic amines is 1. The quantitative estimate of drug-likeness (QED) is 0.719. The number of H-pyrrole nitrogens is 1. The highest BCUT2D eigenvalue weighted by Gasteiger charge is 2.21. The SMILES string of the molecule is CCOc1ccc(NC(=O)C(C)n2c(=O)[nH]c3sc(C)cc3c2=O)cc1. The summed E-state index contributed by atoms with van der Waals surface area (Å²) in [7, 11) is 0. The van der Waals surface area contributed by atoms with Crippen LogP contribution in [0.15, 0.2) is 39.9 Å². The molecule has 2 N–H and O–H groups in total. The summed E-state index contributed by atoms with van der Waals surface area (Å²) in [5, 5.41) is 3.12. The second-order valence-electron chi connectivity index (χ2n) is 5.83. The van der Waals surface area contributed by atoms with Crippen LogP contribution in [-0.4, -0.2) is 22.1 Å². The van der Waals surface area contributed by atoms with Gasteiger partial charge in [0.05, 0.1) is 12.0 Å². The fourth-order valence-electron chi connectivity index (χ4n) is 2.66. The van der Waals surface area contributed by atoms with Gasteiger partial charge in [-0.05, 0) is 51.1 Å². The van der Waals surface area contributed by atoms with Gasteiger partial charge in [-0.3, -0.25) is 14.6 Å². The molecule has 1 aromatic carbocycles. The predicted molar refractivity (Wildman–Crippen MR) is 102 cm³/mol. The van der Waals surface area contributed by atoms with Crippen molar-refractivity contribution in [2.45, 2.75) is 26.8 Å². The van der Waals surface area contributed by atoms with Gasteiger partial charge in [-0.15, -0.1) is 11.3 Å². The second kappa shape index (κ2) is 7.17. The zero-order valence-corrected chi connectivity index (χ0v) is 15.5. The summed E-state index contributed by atoms with van der Waals surface area (Å²) in [6, 6.07) is 7.64. The molecule has 0 saturated carbocycles. The number of ether oxygens (including phenoxy) is 1. The minimum absolute atomic E-state index is 0.410. The van der Waals surface area contributed by atoms with Crippen molar-refractivity contribution < 1.29 is 9.53 Å². The number of aromatic nitrogens is 2. The van der Waals surface area contributed by atoms with E-state index in [2.05, 4.69) is 10.3 Å². The van der Waals surface area contributed by atoms with E-state index in [1.165, 1.54) is 18.3 Å². The summed E-state index contributed by atoms with van der Waals surface area (Å²) >= 11 is 1.34. The number of nitrogens with zero attached hydrogens (tertiary/aromatic N) is 1. The number of hydrogen-bond acceptors (Lipinski definition) is 5. The average Bonchev–Trinajstić information content (AvgIpc) is 2.97. The van der Waals surface area contributed by atoms with Crippen molar-refractivity contribution in [1.82, 2.24) is 9.55 Å². The van der Waals surface area contributed by atoms with Crippen LogP contribution in [0, 0.1) is 6.92 Å². The van der Waals surface area contributed by atoms with E-state index in [0.29, 0.717) is 28.3 Å². The van der Waals surface area contributed by atoms with Gasteiger partial charge in [0, 0.05) is 10.6 Å². The molecule has 1 atom stereocenters. The van der Waals surface area contributed by atoms with Crippen molar-refractivity contribution in [3.05, 3.63) is 56.0 Å². The normalized spacial score (nSPS) is 12.1. The van der Waals surface area contributed by atoms with Crippen LogP contribution in [0.5, 0.6) is 5.75 Å². The summed E-state index contributed by atoms with van der Waals surface area (Å²) in [6.07, 6.45) is 0. The second-order valence-corrected chi connectivity index (χ2v) is 7.08. The number of benzene rings is 1. The molecule has 26 heavy (non-hydrogen) atoms. The van der Waals surface area contributed by atoms with Crippen molar-refractivity contribution >= 4 is 33.1 Å². The fraction of sp³-hybridized carbons (Fsp3) is 0.278. The van der Waals surface area contributed by atoms with Gasteiger partial charge in [0.25, 0.3) is 5.56 Å². The molecule has 3 rings (SSSR count). The molecule has 7 nitrogen and oxygen atoms in total. The number of carbonyl (C=O) groups excluding carboxylic acids is 1. The van der Waals surface area contributed by atoms with Gasteiger partial charge in [-0.25, -0.2) is 9.36 Å². The number of anilines is 1. The summed E-state index contributed by atoms with van der Waals surface area (Å²) in [6.45, 7) is 5.82. The first-order chi connectivity index (χ1) is 12.4. The van der Waals surface area contributed by atoms with Crippen LogP contribution in [0.1, 0.15) is 24.8 Å². The third-order valence-corrected chi connectivity index (χ3v) is 4.91. The Morgan fingerprint density at radius 2 is 2.00 bits per heavy atom. The Balaban J connectivity index is 1.87. The van der Waals surface area contributed by atoms with Gasteiger partial charge in [-0.2, -0.15) is 0 Å². The zero-order chi connectivity index (χ0) is 18.8. The number of aryl methyl sites for hydroxylation is 1. The maximum absolute atomic E-state index is 12.6. The number of hydrogen-bond donors (Lipinski definition) is 2. The Morgan fingerprint density at radius 1 is 1.31 bits per heavy atom. The molecule has 2 aromatic heterocycles. The Hall–Kier alpha value is -2.87. The summed E-state index contributed by atoms with van der Waals surface area (Å²) in [4.78, 5) is 41.5. The highest BCUT2D eigenvalue weighted by atomic mass is 32.1. The molecule has 3 aromatic rings. The third-order valence-electron chi connectivity index (χ3n) is 3.94.